The summed E-state index contributed by atoms with van der Waals surface area (Å²) in [4.78, 5) is 0. The van der Waals surface area contributed by atoms with Gasteiger partial charge >= 0.3 is 0 Å². The van der Waals surface area contributed by atoms with E-state index < -0.39 is 0 Å². The normalized spacial score (nSPS) is 12.5. The zero-order valence-corrected chi connectivity index (χ0v) is 15.6. The van der Waals surface area contributed by atoms with Gasteiger partial charge in [0.25, 0.3) is 0 Å². The van der Waals surface area contributed by atoms with Crippen LogP contribution in [0, 0.1) is 0 Å². The Morgan fingerprint density at radius 3 is 1.35 bits per heavy atom. The van der Waals surface area contributed by atoms with Crippen LogP contribution in [0.1, 0.15) is 60.8 Å². The van der Waals surface area contributed by atoms with Crippen LogP contribution in [-0.4, -0.2) is 10.2 Å². The summed E-state index contributed by atoms with van der Waals surface area (Å²) < 4.78 is 0. The van der Waals surface area contributed by atoms with E-state index in [-0.39, 0.29) is 23.3 Å². The third-order valence-electron chi connectivity index (χ3n) is 5.15. The molecule has 26 heavy (non-hydrogen) atoms. The number of phenolic OH excluding ortho intramolecular Hbond substituents is 2. The average Bonchev–Trinajstić information content (AvgIpc) is 2.64. The monoisotopic (exact) mass is 346 g/mol. The van der Waals surface area contributed by atoms with Crippen molar-refractivity contribution in [2.75, 3.05) is 0 Å². The Bertz CT molecular complexity index is 837. The lowest BCUT2D eigenvalue weighted by Gasteiger charge is -2.29. The highest BCUT2D eigenvalue weighted by molar-refractivity contribution is 5.49. The van der Waals surface area contributed by atoms with E-state index in [0.29, 0.717) is 5.92 Å². The van der Waals surface area contributed by atoms with Crippen LogP contribution in [0.3, 0.4) is 0 Å². The molecule has 0 amide bonds. The molecule has 0 radical (unpaired) electrons. The number of hydrogen-bond donors (Lipinski definition) is 2. The molecule has 0 saturated carbocycles. The lowest BCUT2D eigenvalue weighted by Crippen LogP contribution is -2.13. The second-order valence-corrected chi connectivity index (χ2v) is 7.17. The molecule has 0 aromatic heterocycles. The molecule has 2 nitrogen and oxygen atoms in total. The lowest BCUT2D eigenvalue weighted by atomic mass is 9.75. The van der Waals surface area contributed by atoms with E-state index in [2.05, 4.69) is 45.0 Å². The summed E-state index contributed by atoms with van der Waals surface area (Å²) in [6.07, 6.45) is 0. The Balaban J connectivity index is 2.19. The maximum absolute atomic E-state index is 10.5. The first-order valence-electron chi connectivity index (χ1n) is 9.15. The molecule has 0 saturated heterocycles. The van der Waals surface area contributed by atoms with Crippen molar-refractivity contribution >= 4 is 0 Å². The molecule has 0 aliphatic heterocycles. The highest BCUT2D eigenvalue weighted by atomic mass is 16.3. The SMILES string of the molecule is CC(C)c1ccccc1C(C)C(c1ccccc1O)c1ccccc1O. The van der Waals surface area contributed by atoms with Crippen molar-refractivity contribution in [3.63, 3.8) is 0 Å². The van der Waals surface area contributed by atoms with Gasteiger partial charge in [0.1, 0.15) is 11.5 Å². The number of aromatic hydroxyl groups is 2. The number of phenols is 2. The van der Waals surface area contributed by atoms with Crippen LogP contribution in [0.2, 0.25) is 0 Å². The van der Waals surface area contributed by atoms with Crippen molar-refractivity contribution in [1.29, 1.82) is 0 Å². The molecule has 3 aromatic carbocycles. The smallest absolute Gasteiger partial charge is 0.119 e. The van der Waals surface area contributed by atoms with Gasteiger partial charge in [-0.3, -0.25) is 0 Å². The number of rotatable bonds is 5. The highest BCUT2D eigenvalue weighted by Gasteiger charge is 2.28. The largest absolute Gasteiger partial charge is 0.508 e. The molecule has 0 spiro atoms. The third kappa shape index (κ3) is 3.45. The third-order valence-corrected chi connectivity index (χ3v) is 5.15. The topological polar surface area (TPSA) is 40.5 Å². The van der Waals surface area contributed by atoms with Gasteiger partial charge in [0.15, 0.2) is 0 Å². The zero-order valence-electron chi connectivity index (χ0n) is 15.6. The van der Waals surface area contributed by atoms with Crippen molar-refractivity contribution in [2.24, 2.45) is 0 Å². The summed E-state index contributed by atoms with van der Waals surface area (Å²) >= 11 is 0. The molecule has 3 aromatic rings. The molecule has 0 fully saturated rings. The van der Waals surface area contributed by atoms with Gasteiger partial charge in [-0.2, -0.15) is 0 Å². The van der Waals surface area contributed by atoms with Gasteiger partial charge in [0.2, 0.25) is 0 Å². The molecule has 2 N–H and O–H groups in total. The van der Waals surface area contributed by atoms with Crippen LogP contribution in [-0.2, 0) is 0 Å². The molecule has 1 unspecified atom stereocenters. The van der Waals surface area contributed by atoms with E-state index in [1.54, 1.807) is 12.1 Å². The Kier molecular flexibility index (Phi) is 5.32. The Morgan fingerprint density at radius 2 is 0.923 bits per heavy atom. The van der Waals surface area contributed by atoms with Crippen LogP contribution in [0.5, 0.6) is 11.5 Å². The van der Waals surface area contributed by atoms with Crippen molar-refractivity contribution in [3.8, 4) is 11.5 Å². The van der Waals surface area contributed by atoms with Gasteiger partial charge < -0.3 is 10.2 Å². The minimum absolute atomic E-state index is 0.0928. The predicted octanol–water partition coefficient (Wildman–Crippen LogP) is 6.16. The van der Waals surface area contributed by atoms with Gasteiger partial charge in [0, 0.05) is 17.0 Å². The van der Waals surface area contributed by atoms with Gasteiger partial charge in [-0.1, -0.05) is 81.4 Å². The van der Waals surface area contributed by atoms with Crippen molar-refractivity contribution < 1.29 is 10.2 Å². The Morgan fingerprint density at radius 1 is 0.538 bits per heavy atom. The lowest BCUT2D eigenvalue weighted by molar-refractivity contribution is 0.446. The molecule has 3 rings (SSSR count). The van der Waals surface area contributed by atoms with E-state index in [4.69, 9.17) is 0 Å². The van der Waals surface area contributed by atoms with Crippen LogP contribution >= 0.6 is 0 Å². The maximum atomic E-state index is 10.5. The van der Waals surface area contributed by atoms with E-state index in [9.17, 15) is 10.2 Å². The first-order valence-corrected chi connectivity index (χ1v) is 9.15. The fourth-order valence-electron chi connectivity index (χ4n) is 3.84. The number of benzene rings is 3. The molecule has 0 aliphatic carbocycles. The highest BCUT2D eigenvalue weighted by Crippen LogP contribution is 2.45. The average molecular weight is 346 g/mol. The maximum Gasteiger partial charge on any atom is 0.119 e. The van der Waals surface area contributed by atoms with Gasteiger partial charge in [-0.05, 0) is 35.1 Å². The summed E-state index contributed by atoms with van der Waals surface area (Å²) in [5.41, 5.74) is 4.22. The number of para-hydroxylation sites is 2. The van der Waals surface area contributed by atoms with Gasteiger partial charge in [-0.25, -0.2) is 0 Å². The molecule has 0 bridgehead atoms. The van der Waals surface area contributed by atoms with Gasteiger partial charge in [-0.15, -0.1) is 0 Å². The van der Waals surface area contributed by atoms with Gasteiger partial charge in [0.05, 0.1) is 0 Å². The first kappa shape index (κ1) is 18.1. The van der Waals surface area contributed by atoms with E-state index >= 15 is 0 Å². The van der Waals surface area contributed by atoms with Crippen molar-refractivity contribution in [1.82, 2.24) is 0 Å². The second kappa shape index (κ2) is 7.65. The minimum Gasteiger partial charge on any atom is -0.508 e. The quantitative estimate of drug-likeness (QED) is 0.581. The van der Waals surface area contributed by atoms with Crippen LogP contribution < -0.4 is 0 Å². The summed E-state index contributed by atoms with van der Waals surface area (Å²) in [6, 6.07) is 23.3. The van der Waals surface area contributed by atoms with Crippen molar-refractivity contribution in [3.05, 3.63) is 95.1 Å². The Hall–Kier alpha value is -2.74. The molecule has 0 aliphatic rings. The fraction of sp³-hybridized carbons (Fsp3) is 0.250. The summed E-state index contributed by atoms with van der Waals surface area (Å²) in [6.45, 7) is 6.56. The van der Waals surface area contributed by atoms with Crippen LogP contribution in [0.4, 0.5) is 0 Å². The summed E-state index contributed by atoms with van der Waals surface area (Å²) in [5, 5.41) is 21.1. The second-order valence-electron chi connectivity index (χ2n) is 7.17. The summed E-state index contributed by atoms with van der Waals surface area (Å²) in [7, 11) is 0. The van der Waals surface area contributed by atoms with Crippen LogP contribution in [0.15, 0.2) is 72.8 Å². The molecule has 134 valence electrons. The summed E-state index contributed by atoms with van der Waals surface area (Å²) in [5.74, 6) is 0.875. The molecule has 1 atom stereocenters. The van der Waals surface area contributed by atoms with E-state index in [1.165, 1.54) is 11.1 Å². The number of hydrogen-bond acceptors (Lipinski definition) is 2. The molecular formula is C24H26O2. The predicted molar refractivity (Wildman–Crippen MR) is 107 cm³/mol. The standard InChI is InChI=1S/C24H26O2/c1-16(2)18-10-4-5-11-19(18)17(3)24(20-12-6-8-14-22(20)25)21-13-7-9-15-23(21)26/h4-17,24-26H,1-3H3. The zero-order chi connectivity index (χ0) is 18.7. The first-order chi connectivity index (χ1) is 12.5. The van der Waals surface area contributed by atoms with Crippen molar-refractivity contribution in [2.45, 2.75) is 38.5 Å². The van der Waals surface area contributed by atoms with E-state index in [0.717, 1.165) is 11.1 Å². The molecule has 0 heterocycles. The minimum atomic E-state index is -0.141. The molecule has 2 heteroatoms. The molecular weight excluding hydrogens is 320 g/mol. The Labute approximate surface area is 155 Å². The fourth-order valence-corrected chi connectivity index (χ4v) is 3.84. The van der Waals surface area contributed by atoms with Crippen LogP contribution in [0.25, 0.3) is 0 Å². The van der Waals surface area contributed by atoms with E-state index in [1.807, 2.05) is 36.4 Å².